The number of nitrogens with zero attached hydrogens (tertiary/aromatic N) is 1. The Morgan fingerprint density at radius 2 is 1.96 bits per heavy atom. The van der Waals surface area contributed by atoms with Gasteiger partial charge in [-0.25, -0.2) is 12.8 Å². The molecular weight excluding hydrogens is 409 g/mol. The lowest BCUT2D eigenvalue weighted by Crippen LogP contribution is -2.42. The van der Waals surface area contributed by atoms with Gasteiger partial charge in [-0.1, -0.05) is 17.7 Å². The smallest absolute Gasteiger partial charge is 0.263 e. The molecule has 0 spiro atoms. The maximum absolute atomic E-state index is 14.4. The standard InChI is InChI=1S/C19H17ClFNO5S/c1-26-13-6-7-16(17(10-13)27-2)22(12-8-9-28(24,25)11-12)19(23)18-14(20)4-3-5-15(18)21/h3-10,12H,11H2,1-2H3/t12-/m0/s1. The third-order valence-electron chi connectivity index (χ3n) is 4.28. The number of rotatable bonds is 5. The molecule has 0 bridgehead atoms. The van der Waals surface area contributed by atoms with Crippen LogP contribution in [0.5, 0.6) is 11.5 Å². The van der Waals surface area contributed by atoms with Crippen molar-refractivity contribution in [3.63, 3.8) is 0 Å². The van der Waals surface area contributed by atoms with Gasteiger partial charge in [-0.2, -0.15) is 0 Å². The summed E-state index contributed by atoms with van der Waals surface area (Å²) in [7, 11) is -0.608. The third-order valence-corrected chi connectivity index (χ3v) is 5.98. The zero-order chi connectivity index (χ0) is 20.5. The summed E-state index contributed by atoms with van der Waals surface area (Å²) >= 11 is 6.06. The molecule has 1 amide bonds. The number of benzene rings is 2. The number of ether oxygens (including phenoxy) is 2. The van der Waals surface area contributed by atoms with Crippen LogP contribution in [-0.2, 0) is 9.84 Å². The number of amides is 1. The second kappa shape index (κ2) is 7.81. The fraction of sp³-hybridized carbons (Fsp3) is 0.211. The zero-order valence-corrected chi connectivity index (χ0v) is 16.6. The second-order valence-corrected chi connectivity index (χ2v) is 8.37. The molecule has 2 aromatic rings. The third kappa shape index (κ3) is 3.83. The van der Waals surface area contributed by atoms with Gasteiger partial charge in [-0.15, -0.1) is 0 Å². The summed E-state index contributed by atoms with van der Waals surface area (Å²) < 4.78 is 48.8. The molecule has 1 aliphatic heterocycles. The Morgan fingerprint density at radius 3 is 2.54 bits per heavy atom. The second-order valence-electron chi connectivity index (χ2n) is 6.04. The summed E-state index contributed by atoms with van der Waals surface area (Å²) in [6.45, 7) is 0. The van der Waals surface area contributed by atoms with Crippen molar-refractivity contribution in [3.8, 4) is 11.5 Å². The summed E-state index contributed by atoms with van der Waals surface area (Å²) in [6.07, 6.45) is 1.38. The van der Waals surface area contributed by atoms with Crippen LogP contribution in [0.3, 0.4) is 0 Å². The lowest BCUT2D eigenvalue weighted by Gasteiger charge is -2.29. The minimum Gasteiger partial charge on any atom is -0.497 e. The van der Waals surface area contributed by atoms with Gasteiger partial charge in [0.2, 0.25) is 0 Å². The van der Waals surface area contributed by atoms with Gasteiger partial charge < -0.3 is 9.47 Å². The van der Waals surface area contributed by atoms with Crippen molar-refractivity contribution in [2.24, 2.45) is 0 Å². The Kier molecular flexibility index (Phi) is 5.62. The molecule has 0 unspecified atom stereocenters. The van der Waals surface area contributed by atoms with Gasteiger partial charge in [-0.05, 0) is 30.3 Å². The van der Waals surface area contributed by atoms with Crippen molar-refractivity contribution < 1.29 is 27.1 Å². The van der Waals surface area contributed by atoms with Crippen LogP contribution in [-0.4, -0.2) is 40.3 Å². The van der Waals surface area contributed by atoms with E-state index in [4.69, 9.17) is 21.1 Å². The van der Waals surface area contributed by atoms with Gasteiger partial charge in [0.05, 0.1) is 42.3 Å². The van der Waals surface area contributed by atoms with Gasteiger partial charge in [0.15, 0.2) is 9.84 Å². The molecule has 6 nitrogen and oxygen atoms in total. The van der Waals surface area contributed by atoms with E-state index in [0.29, 0.717) is 5.75 Å². The van der Waals surface area contributed by atoms with E-state index in [-0.39, 0.29) is 27.8 Å². The zero-order valence-electron chi connectivity index (χ0n) is 15.1. The molecule has 0 saturated carbocycles. The fourth-order valence-corrected chi connectivity index (χ4v) is 4.48. The summed E-state index contributed by atoms with van der Waals surface area (Å²) in [4.78, 5) is 14.5. The molecule has 0 radical (unpaired) electrons. The Hall–Kier alpha value is -2.58. The largest absolute Gasteiger partial charge is 0.497 e. The highest BCUT2D eigenvalue weighted by molar-refractivity contribution is 7.94. The van der Waals surface area contributed by atoms with E-state index in [1.165, 1.54) is 37.3 Å². The number of sulfone groups is 1. The molecule has 0 aliphatic carbocycles. The van der Waals surface area contributed by atoms with Crippen LogP contribution in [0, 0.1) is 5.82 Å². The number of methoxy groups -OCH3 is 2. The molecule has 1 heterocycles. The molecule has 0 aromatic heterocycles. The first-order chi connectivity index (χ1) is 13.3. The van der Waals surface area contributed by atoms with E-state index in [0.717, 1.165) is 11.5 Å². The predicted molar refractivity (Wildman–Crippen MR) is 104 cm³/mol. The Morgan fingerprint density at radius 1 is 1.21 bits per heavy atom. The number of anilines is 1. The van der Waals surface area contributed by atoms with E-state index in [1.54, 1.807) is 18.2 Å². The average Bonchev–Trinajstić information content (AvgIpc) is 3.01. The van der Waals surface area contributed by atoms with Crippen molar-refractivity contribution in [1.82, 2.24) is 0 Å². The van der Waals surface area contributed by atoms with Crippen LogP contribution in [0.2, 0.25) is 5.02 Å². The minimum absolute atomic E-state index is 0.0766. The maximum atomic E-state index is 14.4. The lowest BCUT2D eigenvalue weighted by molar-refractivity contribution is 0.0978. The number of carbonyl (C=O) groups is 1. The monoisotopic (exact) mass is 425 g/mol. The summed E-state index contributed by atoms with van der Waals surface area (Å²) in [6, 6.07) is 7.72. The summed E-state index contributed by atoms with van der Waals surface area (Å²) in [5, 5.41) is 0.962. The SMILES string of the molecule is COc1ccc(N(C(=O)c2c(F)cccc2Cl)[C@H]2C=CS(=O)(=O)C2)c(OC)c1. The van der Waals surface area contributed by atoms with Crippen molar-refractivity contribution in [2.45, 2.75) is 6.04 Å². The molecule has 9 heteroatoms. The van der Waals surface area contributed by atoms with E-state index in [1.807, 2.05) is 0 Å². The minimum atomic E-state index is -3.48. The molecule has 3 rings (SSSR count). The van der Waals surface area contributed by atoms with Crippen LogP contribution in [0.1, 0.15) is 10.4 Å². The molecule has 2 aromatic carbocycles. The van der Waals surface area contributed by atoms with E-state index in [9.17, 15) is 17.6 Å². The van der Waals surface area contributed by atoms with Crippen LogP contribution in [0.25, 0.3) is 0 Å². The molecule has 0 N–H and O–H groups in total. The van der Waals surface area contributed by atoms with Gasteiger partial charge in [-0.3, -0.25) is 9.69 Å². The van der Waals surface area contributed by atoms with Crippen molar-refractivity contribution in [2.75, 3.05) is 24.9 Å². The summed E-state index contributed by atoms with van der Waals surface area (Å²) in [5.74, 6) is -1.18. The van der Waals surface area contributed by atoms with Gasteiger partial charge in [0.25, 0.3) is 5.91 Å². The number of hydrogen-bond acceptors (Lipinski definition) is 5. The summed E-state index contributed by atoms with van der Waals surface area (Å²) in [5.41, 5.74) is -0.0842. The molecule has 0 saturated heterocycles. The average molecular weight is 426 g/mol. The van der Waals surface area contributed by atoms with Crippen LogP contribution >= 0.6 is 11.6 Å². The maximum Gasteiger partial charge on any atom is 0.263 e. The van der Waals surface area contributed by atoms with E-state index < -0.39 is 27.6 Å². The normalized spacial score (nSPS) is 17.4. The number of carbonyl (C=O) groups excluding carboxylic acids is 1. The van der Waals surface area contributed by atoms with Crippen LogP contribution in [0.15, 0.2) is 47.9 Å². The molecule has 28 heavy (non-hydrogen) atoms. The highest BCUT2D eigenvalue weighted by Crippen LogP contribution is 2.36. The first-order valence-corrected chi connectivity index (χ1v) is 10.3. The highest BCUT2D eigenvalue weighted by Gasteiger charge is 2.35. The topological polar surface area (TPSA) is 72.9 Å². The predicted octanol–water partition coefficient (Wildman–Crippen LogP) is 3.45. The molecule has 148 valence electrons. The van der Waals surface area contributed by atoms with Gasteiger partial charge in [0.1, 0.15) is 17.3 Å². The quantitative estimate of drug-likeness (QED) is 0.733. The Balaban J connectivity index is 2.17. The fourth-order valence-electron chi connectivity index (χ4n) is 2.97. The first kappa shape index (κ1) is 20.2. The van der Waals surface area contributed by atoms with Crippen LogP contribution in [0.4, 0.5) is 10.1 Å². The number of hydrogen-bond donors (Lipinski definition) is 0. The Labute approximate surface area is 167 Å². The van der Waals surface area contributed by atoms with Crippen molar-refractivity contribution >= 4 is 33.0 Å². The van der Waals surface area contributed by atoms with Gasteiger partial charge in [0, 0.05) is 11.5 Å². The lowest BCUT2D eigenvalue weighted by atomic mass is 10.1. The Bertz CT molecular complexity index is 1030. The van der Waals surface area contributed by atoms with Crippen LogP contribution < -0.4 is 14.4 Å². The van der Waals surface area contributed by atoms with Gasteiger partial charge >= 0.3 is 0 Å². The highest BCUT2D eigenvalue weighted by atomic mass is 35.5. The van der Waals surface area contributed by atoms with Crippen molar-refractivity contribution in [3.05, 3.63) is 64.3 Å². The number of halogens is 2. The van der Waals surface area contributed by atoms with E-state index >= 15 is 0 Å². The molecule has 0 fully saturated rings. The van der Waals surface area contributed by atoms with E-state index in [2.05, 4.69) is 0 Å². The molecule has 1 atom stereocenters. The van der Waals surface area contributed by atoms with Crippen molar-refractivity contribution in [1.29, 1.82) is 0 Å². The first-order valence-electron chi connectivity index (χ1n) is 8.18. The molecular formula is C19H17ClFNO5S. The molecule has 1 aliphatic rings.